The molecular weight excluding hydrogens is 262 g/mol. The highest BCUT2D eigenvalue weighted by Crippen LogP contribution is 2.02. The van der Waals surface area contributed by atoms with E-state index in [0.29, 0.717) is 57.9 Å². The van der Waals surface area contributed by atoms with E-state index in [1.54, 1.807) is 13.2 Å². The van der Waals surface area contributed by atoms with Crippen molar-refractivity contribution in [2.45, 2.75) is 13.5 Å². The quantitative estimate of drug-likeness (QED) is 0.594. The molecule has 0 saturated carbocycles. The molecule has 0 amide bonds. The van der Waals surface area contributed by atoms with E-state index in [1.807, 2.05) is 6.92 Å². The lowest BCUT2D eigenvalue weighted by molar-refractivity contribution is 0.0000189. The van der Waals surface area contributed by atoms with E-state index in [0.717, 1.165) is 5.69 Å². The van der Waals surface area contributed by atoms with Crippen molar-refractivity contribution in [3.63, 3.8) is 0 Å². The minimum atomic E-state index is 0.333. The molecule has 7 nitrogen and oxygen atoms in total. The number of aryl methyl sites for hydroxylation is 1. The van der Waals surface area contributed by atoms with Crippen molar-refractivity contribution in [1.29, 1.82) is 0 Å². The van der Waals surface area contributed by atoms with Crippen LogP contribution in [0.15, 0.2) is 6.07 Å². The third kappa shape index (κ3) is 8.00. The first kappa shape index (κ1) is 16.8. The second kappa shape index (κ2) is 10.5. The van der Waals surface area contributed by atoms with Gasteiger partial charge in [0.25, 0.3) is 0 Å². The van der Waals surface area contributed by atoms with Crippen LogP contribution in [0.25, 0.3) is 0 Å². The van der Waals surface area contributed by atoms with Gasteiger partial charge in [-0.05, 0) is 6.92 Å². The summed E-state index contributed by atoms with van der Waals surface area (Å²) < 4.78 is 20.9. The zero-order valence-corrected chi connectivity index (χ0v) is 12.1. The number of anilines is 1. The summed E-state index contributed by atoms with van der Waals surface area (Å²) in [7, 11) is 1.64. The molecule has 0 spiro atoms. The lowest BCUT2D eigenvalue weighted by atomic mass is 10.4. The number of nitrogen functional groups attached to an aromatic ring is 1. The zero-order valence-electron chi connectivity index (χ0n) is 12.1. The summed E-state index contributed by atoms with van der Waals surface area (Å²) in [6, 6.07) is 1.72. The van der Waals surface area contributed by atoms with Gasteiger partial charge in [-0.3, -0.25) is 0 Å². The Morgan fingerprint density at radius 3 is 2.15 bits per heavy atom. The van der Waals surface area contributed by atoms with Gasteiger partial charge in [-0.2, -0.15) is 0 Å². The van der Waals surface area contributed by atoms with Gasteiger partial charge in [0.1, 0.15) is 12.4 Å². The summed E-state index contributed by atoms with van der Waals surface area (Å²) in [5, 5.41) is 0. The number of nitrogens with two attached hydrogens (primary N) is 1. The smallest absolute Gasteiger partial charge is 0.156 e. The van der Waals surface area contributed by atoms with Crippen LogP contribution in [0.2, 0.25) is 0 Å². The molecule has 1 aromatic heterocycles. The number of methoxy groups -OCH3 is 1. The van der Waals surface area contributed by atoms with Gasteiger partial charge in [-0.25, -0.2) is 9.97 Å². The number of ether oxygens (including phenoxy) is 4. The van der Waals surface area contributed by atoms with Crippen LogP contribution in [-0.4, -0.2) is 56.7 Å². The second-order valence-electron chi connectivity index (χ2n) is 4.12. The Morgan fingerprint density at radius 2 is 1.55 bits per heavy atom. The first-order valence-corrected chi connectivity index (χ1v) is 6.54. The monoisotopic (exact) mass is 285 g/mol. The van der Waals surface area contributed by atoms with Gasteiger partial charge in [-0.15, -0.1) is 0 Å². The van der Waals surface area contributed by atoms with Crippen molar-refractivity contribution in [3.8, 4) is 0 Å². The van der Waals surface area contributed by atoms with E-state index >= 15 is 0 Å². The molecule has 1 heterocycles. The Balaban J connectivity index is 1.97. The number of hydrogen-bond donors (Lipinski definition) is 1. The average molecular weight is 285 g/mol. The Labute approximate surface area is 119 Å². The van der Waals surface area contributed by atoms with Gasteiger partial charge in [0.05, 0.1) is 39.6 Å². The molecule has 0 unspecified atom stereocenters. The first-order chi connectivity index (χ1) is 9.72. The van der Waals surface area contributed by atoms with Crippen LogP contribution in [0.3, 0.4) is 0 Å². The van der Waals surface area contributed by atoms with Crippen LogP contribution in [-0.2, 0) is 25.6 Å². The van der Waals surface area contributed by atoms with Gasteiger partial charge < -0.3 is 24.7 Å². The standard InChI is InChI=1S/C13H23N3O4/c1-11-9-12(14)16-13(15-11)10-20-8-7-19-6-5-18-4-3-17-2/h9H,3-8,10H2,1-2H3,(H2,14,15,16). The Morgan fingerprint density at radius 1 is 0.950 bits per heavy atom. The van der Waals surface area contributed by atoms with Crippen LogP contribution < -0.4 is 5.73 Å². The highest BCUT2D eigenvalue weighted by Gasteiger charge is 2.00. The van der Waals surface area contributed by atoms with E-state index in [-0.39, 0.29) is 0 Å². The molecule has 114 valence electrons. The van der Waals surface area contributed by atoms with Crippen molar-refractivity contribution < 1.29 is 18.9 Å². The highest BCUT2D eigenvalue weighted by atomic mass is 16.6. The normalized spacial score (nSPS) is 10.9. The third-order valence-corrected chi connectivity index (χ3v) is 2.33. The van der Waals surface area contributed by atoms with Crippen LogP contribution in [0.1, 0.15) is 11.5 Å². The van der Waals surface area contributed by atoms with E-state index in [9.17, 15) is 0 Å². The van der Waals surface area contributed by atoms with E-state index in [2.05, 4.69) is 9.97 Å². The lowest BCUT2D eigenvalue weighted by Gasteiger charge is -2.07. The minimum absolute atomic E-state index is 0.333. The van der Waals surface area contributed by atoms with Gasteiger partial charge in [0.15, 0.2) is 5.82 Å². The summed E-state index contributed by atoms with van der Waals surface area (Å²) in [6.45, 7) is 5.48. The highest BCUT2D eigenvalue weighted by molar-refractivity contribution is 5.28. The van der Waals surface area contributed by atoms with Crippen molar-refractivity contribution in [3.05, 3.63) is 17.6 Å². The molecule has 0 saturated heterocycles. The molecule has 0 aromatic carbocycles. The van der Waals surface area contributed by atoms with E-state index < -0.39 is 0 Å². The molecule has 7 heteroatoms. The van der Waals surface area contributed by atoms with Crippen LogP contribution in [0.4, 0.5) is 5.82 Å². The molecule has 1 aromatic rings. The molecule has 0 aliphatic rings. The van der Waals surface area contributed by atoms with Crippen molar-refractivity contribution >= 4 is 5.82 Å². The molecule has 20 heavy (non-hydrogen) atoms. The number of hydrogen-bond acceptors (Lipinski definition) is 7. The van der Waals surface area contributed by atoms with Crippen molar-refractivity contribution in [2.24, 2.45) is 0 Å². The maximum absolute atomic E-state index is 5.63. The van der Waals surface area contributed by atoms with Crippen molar-refractivity contribution in [2.75, 3.05) is 52.5 Å². The Hall–Kier alpha value is -1.28. The molecular formula is C13H23N3O4. The Bertz CT molecular complexity index is 356. The number of rotatable bonds is 11. The summed E-state index contributed by atoms with van der Waals surface area (Å²) >= 11 is 0. The second-order valence-corrected chi connectivity index (χ2v) is 4.12. The maximum atomic E-state index is 5.63. The van der Waals surface area contributed by atoms with Gasteiger partial charge in [0, 0.05) is 18.9 Å². The van der Waals surface area contributed by atoms with Crippen LogP contribution in [0.5, 0.6) is 0 Å². The average Bonchev–Trinajstić information content (AvgIpc) is 2.40. The van der Waals surface area contributed by atoms with Gasteiger partial charge in [-0.1, -0.05) is 0 Å². The zero-order chi connectivity index (χ0) is 14.6. The predicted molar refractivity (Wildman–Crippen MR) is 74.4 cm³/mol. The maximum Gasteiger partial charge on any atom is 0.156 e. The summed E-state index contributed by atoms with van der Waals surface area (Å²) in [6.07, 6.45) is 0. The molecule has 0 aliphatic heterocycles. The topological polar surface area (TPSA) is 88.7 Å². The fraction of sp³-hybridized carbons (Fsp3) is 0.692. The van der Waals surface area contributed by atoms with E-state index in [4.69, 9.17) is 24.7 Å². The number of nitrogens with zero attached hydrogens (tertiary/aromatic N) is 2. The minimum Gasteiger partial charge on any atom is -0.384 e. The third-order valence-electron chi connectivity index (χ3n) is 2.33. The SMILES string of the molecule is COCCOCCOCCOCc1nc(C)cc(N)n1. The van der Waals surface area contributed by atoms with Crippen LogP contribution >= 0.6 is 0 Å². The van der Waals surface area contributed by atoms with Gasteiger partial charge >= 0.3 is 0 Å². The molecule has 0 bridgehead atoms. The van der Waals surface area contributed by atoms with E-state index in [1.165, 1.54) is 0 Å². The molecule has 1 rings (SSSR count). The lowest BCUT2D eigenvalue weighted by Crippen LogP contribution is -2.12. The molecule has 0 atom stereocenters. The predicted octanol–water partition coefficient (Wildman–Crippen LogP) is 0.563. The molecule has 0 aliphatic carbocycles. The van der Waals surface area contributed by atoms with Gasteiger partial charge in [0.2, 0.25) is 0 Å². The first-order valence-electron chi connectivity index (χ1n) is 6.54. The fourth-order valence-electron chi connectivity index (χ4n) is 1.47. The number of aromatic nitrogens is 2. The van der Waals surface area contributed by atoms with Crippen LogP contribution in [0, 0.1) is 6.92 Å². The summed E-state index contributed by atoms with van der Waals surface area (Å²) in [4.78, 5) is 8.30. The molecule has 0 fully saturated rings. The summed E-state index contributed by atoms with van der Waals surface area (Å²) in [5.74, 6) is 1.05. The van der Waals surface area contributed by atoms with Crippen molar-refractivity contribution in [1.82, 2.24) is 9.97 Å². The fourth-order valence-corrected chi connectivity index (χ4v) is 1.47. The Kier molecular flexibility index (Phi) is 8.81. The largest absolute Gasteiger partial charge is 0.384 e. The molecule has 0 radical (unpaired) electrons. The molecule has 2 N–H and O–H groups in total. The summed E-state index contributed by atoms with van der Waals surface area (Å²) in [5.41, 5.74) is 6.46.